The zero-order valence-electron chi connectivity index (χ0n) is 16.6. The summed E-state index contributed by atoms with van der Waals surface area (Å²) in [5, 5.41) is 20.1. The molecule has 0 heterocycles. The summed E-state index contributed by atoms with van der Waals surface area (Å²) < 4.78 is 31.7. The molecule has 2 aromatic rings. The smallest absolute Gasteiger partial charge is 0.480 e. The fourth-order valence-electron chi connectivity index (χ4n) is 2.48. The number of nitrogen functional groups attached to an aromatic ring is 1. The molecular weight excluding hydrogens is 417 g/mol. The van der Waals surface area contributed by atoms with E-state index in [0.29, 0.717) is 18.7 Å². The Morgan fingerprint density at radius 1 is 1.16 bits per heavy atom. The molecule has 2 aromatic carbocycles. The van der Waals surface area contributed by atoms with Gasteiger partial charge in [0.2, 0.25) is 0 Å². The predicted octanol–water partition coefficient (Wildman–Crippen LogP) is 2.72. The number of nitrogens with two attached hydrogens (primary N) is 2. The number of anilines is 2. The quantitative estimate of drug-likeness (QED) is 0.224. The Kier molecular flexibility index (Phi) is 9.32. The van der Waals surface area contributed by atoms with Crippen LogP contribution in [0.2, 0.25) is 0 Å². The van der Waals surface area contributed by atoms with Gasteiger partial charge in [-0.2, -0.15) is 18.3 Å². The SMILES string of the molecule is CC(C(=O)O)N(CCc1ccc(N)cc1)c1cccc(C=NN)c1.O=C(O)C(F)(F)F. The number of rotatable bonds is 7. The molecule has 0 radical (unpaired) electrons. The Morgan fingerprint density at radius 3 is 2.23 bits per heavy atom. The second-order valence-electron chi connectivity index (χ2n) is 6.38. The van der Waals surface area contributed by atoms with Crippen LogP contribution in [0.25, 0.3) is 0 Å². The Labute approximate surface area is 176 Å². The topological polar surface area (TPSA) is 142 Å². The summed E-state index contributed by atoms with van der Waals surface area (Å²) in [5.74, 6) is 1.57. The first-order valence-electron chi connectivity index (χ1n) is 8.93. The van der Waals surface area contributed by atoms with Crippen molar-refractivity contribution in [2.75, 3.05) is 17.2 Å². The van der Waals surface area contributed by atoms with Gasteiger partial charge in [-0.15, -0.1) is 0 Å². The Hall–Kier alpha value is -3.76. The van der Waals surface area contributed by atoms with Gasteiger partial charge in [-0.05, 0) is 48.7 Å². The summed E-state index contributed by atoms with van der Waals surface area (Å²) in [7, 11) is 0. The first-order chi connectivity index (χ1) is 14.5. The summed E-state index contributed by atoms with van der Waals surface area (Å²) >= 11 is 0. The molecule has 31 heavy (non-hydrogen) atoms. The second kappa shape index (κ2) is 11.4. The van der Waals surface area contributed by atoms with Crippen molar-refractivity contribution in [3.63, 3.8) is 0 Å². The zero-order chi connectivity index (χ0) is 23.6. The van der Waals surface area contributed by atoms with Crippen LogP contribution in [-0.2, 0) is 16.0 Å². The molecule has 1 unspecified atom stereocenters. The Balaban J connectivity index is 0.000000592. The van der Waals surface area contributed by atoms with Gasteiger partial charge in [0.25, 0.3) is 0 Å². The minimum Gasteiger partial charge on any atom is -0.480 e. The lowest BCUT2D eigenvalue weighted by atomic mass is 10.1. The minimum atomic E-state index is -5.08. The molecule has 6 N–H and O–H groups in total. The van der Waals surface area contributed by atoms with Crippen LogP contribution in [0.5, 0.6) is 0 Å². The van der Waals surface area contributed by atoms with E-state index in [1.165, 1.54) is 6.21 Å². The maximum absolute atomic E-state index is 11.5. The van der Waals surface area contributed by atoms with Crippen molar-refractivity contribution in [2.45, 2.75) is 25.6 Å². The maximum atomic E-state index is 11.5. The van der Waals surface area contributed by atoms with Crippen LogP contribution in [0.3, 0.4) is 0 Å². The molecule has 0 aliphatic rings. The highest BCUT2D eigenvalue weighted by Gasteiger charge is 2.38. The van der Waals surface area contributed by atoms with E-state index < -0.39 is 24.2 Å². The first kappa shape index (κ1) is 25.3. The van der Waals surface area contributed by atoms with Gasteiger partial charge in [-0.25, -0.2) is 9.59 Å². The molecule has 0 fully saturated rings. The molecule has 2 rings (SSSR count). The minimum absolute atomic E-state index is 0.570. The van der Waals surface area contributed by atoms with Crippen LogP contribution in [0.15, 0.2) is 53.6 Å². The zero-order valence-corrected chi connectivity index (χ0v) is 16.6. The summed E-state index contributed by atoms with van der Waals surface area (Å²) in [5.41, 5.74) is 9.15. The molecule has 0 bridgehead atoms. The van der Waals surface area contributed by atoms with Crippen molar-refractivity contribution in [2.24, 2.45) is 10.9 Å². The lowest BCUT2D eigenvalue weighted by Crippen LogP contribution is -2.40. The van der Waals surface area contributed by atoms with E-state index in [1.54, 1.807) is 6.92 Å². The molecule has 0 saturated carbocycles. The second-order valence-corrected chi connectivity index (χ2v) is 6.38. The number of hydrazone groups is 1. The number of alkyl halides is 3. The number of hydrogen-bond donors (Lipinski definition) is 4. The molecule has 0 saturated heterocycles. The third-order valence-corrected chi connectivity index (χ3v) is 4.11. The van der Waals surface area contributed by atoms with Crippen molar-refractivity contribution >= 4 is 29.5 Å². The number of nitrogens with zero attached hydrogens (tertiary/aromatic N) is 2. The molecule has 8 nitrogen and oxygen atoms in total. The number of hydrogen-bond acceptors (Lipinski definition) is 6. The molecule has 0 spiro atoms. The molecular formula is C20H23F3N4O4. The van der Waals surface area contributed by atoms with Crippen molar-refractivity contribution in [3.05, 3.63) is 59.7 Å². The van der Waals surface area contributed by atoms with Gasteiger partial charge < -0.3 is 26.7 Å². The van der Waals surface area contributed by atoms with Gasteiger partial charge in [0, 0.05) is 17.9 Å². The van der Waals surface area contributed by atoms with Gasteiger partial charge >= 0.3 is 18.1 Å². The Bertz CT molecular complexity index is 902. The molecule has 0 amide bonds. The van der Waals surface area contributed by atoms with E-state index in [-0.39, 0.29) is 0 Å². The van der Waals surface area contributed by atoms with Crippen LogP contribution in [0.4, 0.5) is 24.5 Å². The van der Waals surface area contributed by atoms with Crippen LogP contribution < -0.4 is 16.5 Å². The molecule has 0 aliphatic carbocycles. The third-order valence-electron chi connectivity index (χ3n) is 4.11. The monoisotopic (exact) mass is 440 g/mol. The highest BCUT2D eigenvalue weighted by molar-refractivity contribution is 5.83. The largest absolute Gasteiger partial charge is 0.490 e. The van der Waals surface area contributed by atoms with E-state index in [4.69, 9.17) is 21.5 Å². The molecule has 1 atom stereocenters. The van der Waals surface area contributed by atoms with E-state index in [2.05, 4.69) is 5.10 Å². The highest BCUT2D eigenvalue weighted by Crippen LogP contribution is 2.20. The number of halogens is 3. The lowest BCUT2D eigenvalue weighted by Gasteiger charge is -2.29. The summed E-state index contributed by atoms with van der Waals surface area (Å²) in [6, 6.07) is 14.4. The van der Waals surface area contributed by atoms with Crippen molar-refractivity contribution in [1.82, 2.24) is 0 Å². The standard InChI is InChI=1S/C18H22N4O2.C2HF3O2/c1-13(18(23)24)22(10-9-14-5-7-16(19)8-6-14)17-4-2-3-15(11-17)12-21-20;3-2(4,5)1(6)7/h2-8,11-13H,9-10,19-20H2,1H3,(H,23,24);(H,6,7). The normalized spacial score (nSPS) is 12.0. The van der Waals surface area contributed by atoms with Gasteiger partial charge in [0.15, 0.2) is 0 Å². The van der Waals surface area contributed by atoms with Crippen LogP contribution in [0.1, 0.15) is 18.1 Å². The summed E-state index contributed by atoms with van der Waals surface area (Å²) in [6.07, 6.45) is -2.83. The molecule has 168 valence electrons. The number of carbonyl (C=O) groups is 2. The van der Waals surface area contributed by atoms with Crippen LogP contribution in [-0.4, -0.2) is 47.1 Å². The Morgan fingerprint density at radius 2 is 1.74 bits per heavy atom. The fraction of sp³-hybridized carbons (Fsp3) is 0.250. The van der Waals surface area contributed by atoms with Gasteiger partial charge in [-0.1, -0.05) is 24.3 Å². The molecule has 11 heteroatoms. The van der Waals surface area contributed by atoms with E-state index in [9.17, 15) is 23.1 Å². The lowest BCUT2D eigenvalue weighted by molar-refractivity contribution is -0.192. The maximum Gasteiger partial charge on any atom is 0.490 e. The third kappa shape index (κ3) is 8.64. The molecule has 0 aromatic heterocycles. The number of aliphatic carboxylic acids is 2. The summed E-state index contributed by atoms with van der Waals surface area (Å²) in [6.45, 7) is 2.25. The van der Waals surface area contributed by atoms with Gasteiger partial charge in [0.05, 0.1) is 6.21 Å². The van der Waals surface area contributed by atoms with Gasteiger partial charge in [0.1, 0.15) is 6.04 Å². The van der Waals surface area contributed by atoms with Crippen molar-refractivity contribution < 1.29 is 33.0 Å². The van der Waals surface area contributed by atoms with E-state index >= 15 is 0 Å². The highest BCUT2D eigenvalue weighted by atomic mass is 19.4. The van der Waals surface area contributed by atoms with Crippen molar-refractivity contribution in [3.8, 4) is 0 Å². The predicted molar refractivity (Wildman–Crippen MR) is 111 cm³/mol. The average Bonchev–Trinajstić information content (AvgIpc) is 2.69. The average molecular weight is 440 g/mol. The number of carboxylic acid groups (broad SMARTS) is 2. The summed E-state index contributed by atoms with van der Waals surface area (Å²) in [4.78, 5) is 22.2. The molecule has 0 aliphatic heterocycles. The first-order valence-corrected chi connectivity index (χ1v) is 8.93. The van der Waals surface area contributed by atoms with Crippen LogP contribution in [0, 0.1) is 0 Å². The number of benzene rings is 2. The number of carboxylic acids is 2. The van der Waals surface area contributed by atoms with Gasteiger partial charge in [-0.3, -0.25) is 0 Å². The van der Waals surface area contributed by atoms with E-state index in [0.717, 1.165) is 16.8 Å². The van der Waals surface area contributed by atoms with Crippen molar-refractivity contribution in [1.29, 1.82) is 0 Å². The van der Waals surface area contributed by atoms with Crippen LogP contribution >= 0.6 is 0 Å². The van der Waals surface area contributed by atoms with E-state index in [1.807, 2.05) is 53.4 Å². The fourth-order valence-corrected chi connectivity index (χ4v) is 2.48.